The van der Waals surface area contributed by atoms with Crippen molar-refractivity contribution in [2.75, 3.05) is 48.4 Å². The summed E-state index contributed by atoms with van der Waals surface area (Å²) in [6.45, 7) is 2.97. The molecule has 9 heteroatoms. The van der Waals surface area contributed by atoms with Crippen LogP contribution in [-0.4, -0.2) is 48.5 Å². The molecule has 0 aliphatic carbocycles. The van der Waals surface area contributed by atoms with E-state index in [9.17, 15) is 8.78 Å². The van der Waals surface area contributed by atoms with E-state index in [1.54, 1.807) is 13.3 Å². The number of aromatic nitrogens is 3. The standard InChI is InChI=1S/C20H20F2N6O/c1-29-17-8-3-2-7-16(17)27-9-11-28(12-10-27)18-13-23-26-20(24-18)25-19-14(21)5-4-6-15(19)22/h2-8,13H,9-12H2,1H3,(H,24,25,26). The summed E-state index contributed by atoms with van der Waals surface area (Å²) < 4.78 is 33.2. The van der Waals surface area contributed by atoms with Crippen molar-refractivity contribution < 1.29 is 13.5 Å². The van der Waals surface area contributed by atoms with Gasteiger partial charge in [0.2, 0.25) is 5.95 Å². The summed E-state index contributed by atoms with van der Waals surface area (Å²) >= 11 is 0. The second kappa shape index (κ2) is 8.26. The number of methoxy groups -OCH3 is 1. The number of hydrogen-bond acceptors (Lipinski definition) is 7. The number of anilines is 4. The normalized spacial score (nSPS) is 14.0. The predicted octanol–water partition coefficient (Wildman–Crippen LogP) is 3.23. The Kier molecular flexibility index (Phi) is 5.37. The smallest absolute Gasteiger partial charge is 0.249 e. The van der Waals surface area contributed by atoms with Gasteiger partial charge < -0.3 is 19.9 Å². The Morgan fingerprint density at radius 2 is 1.62 bits per heavy atom. The molecule has 7 nitrogen and oxygen atoms in total. The lowest BCUT2D eigenvalue weighted by molar-refractivity contribution is 0.413. The molecule has 0 saturated carbocycles. The maximum Gasteiger partial charge on any atom is 0.249 e. The fourth-order valence-electron chi connectivity index (χ4n) is 3.30. The topological polar surface area (TPSA) is 66.4 Å². The Hall–Kier alpha value is -3.49. The van der Waals surface area contributed by atoms with Gasteiger partial charge in [0.15, 0.2) is 5.82 Å². The van der Waals surface area contributed by atoms with Crippen LogP contribution in [0.5, 0.6) is 5.75 Å². The molecule has 1 saturated heterocycles. The highest BCUT2D eigenvalue weighted by molar-refractivity contribution is 5.60. The van der Waals surface area contributed by atoms with Gasteiger partial charge in [0.1, 0.15) is 23.1 Å². The Morgan fingerprint density at radius 3 is 2.34 bits per heavy atom. The fraction of sp³-hybridized carbons (Fsp3) is 0.250. The van der Waals surface area contributed by atoms with E-state index in [0.29, 0.717) is 18.9 Å². The van der Waals surface area contributed by atoms with E-state index < -0.39 is 11.6 Å². The lowest BCUT2D eigenvalue weighted by Crippen LogP contribution is -2.47. The quantitative estimate of drug-likeness (QED) is 0.708. The maximum atomic E-state index is 13.9. The van der Waals surface area contributed by atoms with Crippen LogP contribution in [0.1, 0.15) is 0 Å². The first kappa shape index (κ1) is 18.9. The van der Waals surface area contributed by atoms with Gasteiger partial charge >= 0.3 is 0 Å². The van der Waals surface area contributed by atoms with Crippen LogP contribution in [0.25, 0.3) is 0 Å². The van der Waals surface area contributed by atoms with Gasteiger partial charge in [-0.05, 0) is 24.3 Å². The minimum Gasteiger partial charge on any atom is -0.495 e. The highest BCUT2D eigenvalue weighted by Gasteiger charge is 2.21. The number of hydrogen-bond donors (Lipinski definition) is 1. The highest BCUT2D eigenvalue weighted by Crippen LogP contribution is 2.29. The van der Waals surface area contributed by atoms with E-state index in [2.05, 4.69) is 30.3 Å². The second-order valence-electron chi connectivity index (χ2n) is 6.51. The monoisotopic (exact) mass is 398 g/mol. The maximum absolute atomic E-state index is 13.9. The molecule has 0 unspecified atom stereocenters. The first-order valence-corrected chi connectivity index (χ1v) is 9.19. The molecule has 3 aromatic rings. The Balaban J connectivity index is 1.46. The molecule has 150 valence electrons. The molecular formula is C20H20F2N6O. The summed E-state index contributed by atoms with van der Waals surface area (Å²) in [6.07, 6.45) is 1.54. The number of nitrogens with zero attached hydrogens (tertiary/aromatic N) is 5. The van der Waals surface area contributed by atoms with Crippen LogP contribution in [0.2, 0.25) is 0 Å². The summed E-state index contributed by atoms with van der Waals surface area (Å²) in [5.41, 5.74) is 0.750. The van der Waals surface area contributed by atoms with E-state index >= 15 is 0 Å². The number of nitrogens with one attached hydrogen (secondary N) is 1. The molecule has 4 rings (SSSR count). The van der Waals surface area contributed by atoms with Crippen molar-refractivity contribution >= 4 is 23.1 Å². The van der Waals surface area contributed by atoms with Gasteiger partial charge in [-0.2, -0.15) is 10.1 Å². The molecule has 1 aliphatic rings. The summed E-state index contributed by atoms with van der Waals surface area (Å²) in [6, 6.07) is 11.5. The van der Waals surface area contributed by atoms with Crippen molar-refractivity contribution in [3.63, 3.8) is 0 Å². The minimum atomic E-state index is -0.718. The number of piperazine rings is 1. The molecule has 0 radical (unpaired) electrons. The molecule has 2 heterocycles. The lowest BCUT2D eigenvalue weighted by Gasteiger charge is -2.37. The Labute approximate surface area is 167 Å². The third-order valence-corrected chi connectivity index (χ3v) is 4.78. The van der Waals surface area contributed by atoms with Gasteiger partial charge in [-0.25, -0.2) is 8.78 Å². The number of ether oxygens (including phenoxy) is 1. The number of para-hydroxylation sites is 3. The van der Waals surface area contributed by atoms with Crippen LogP contribution in [-0.2, 0) is 0 Å². The van der Waals surface area contributed by atoms with E-state index in [4.69, 9.17) is 4.74 Å². The average Bonchev–Trinajstić information content (AvgIpc) is 2.77. The molecular weight excluding hydrogens is 378 g/mol. The molecule has 2 aromatic carbocycles. The van der Waals surface area contributed by atoms with E-state index in [0.717, 1.165) is 24.5 Å². The third kappa shape index (κ3) is 4.03. The molecule has 29 heavy (non-hydrogen) atoms. The van der Waals surface area contributed by atoms with Crippen LogP contribution in [0.15, 0.2) is 48.7 Å². The van der Waals surface area contributed by atoms with Crippen LogP contribution in [0.3, 0.4) is 0 Å². The van der Waals surface area contributed by atoms with E-state index in [1.807, 2.05) is 24.3 Å². The summed E-state index contributed by atoms with van der Waals surface area (Å²) in [4.78, 5) is 8.68. The van der Waals surface area contributed by atoms with Crippen LogP contribution in [0.4, 0.5) is 31.9 Å². The summed E-state index contributed by atoms with van der Waals surface area (Å²) in [5.74, 6) is 0.0366. The summed E-state index contributed by atoms with van der Waals surface area (Å²) in [5, 5.41) is 10.3. The fourth-order valence-corrected chi connectivity index (χ4v) is 3.30. The van der Waals surface area contributed by atoms with Crippen molar-refractivity contribution in [2.45, 2.75) is 0 Å². The molecule has 0 amide bonds. The van der Waals surface area contributed by atoms with Gasteiger partial charge in [-0.1, -0.05) is 18.2 Å². The first-order valence-electron chi connectivity index (χ1n) is 9.19. The van der Waals surface area contributed by atoms with Gasteiger partial charge in [-0.15, -0.1) is 5.10 Å². The lowest BCUT2D eigenvalue weighted by atomic mass is 10.2. The van der Waals surface area contributed by atoms with Crippen molar-refractivity contribution in [3.8, 4) is 5.75 Å². The zero-order chi connectivity index (χ0) is 20.2. The van der Waals surface area contributed by atoms with Gasteiger partial charge in [0.25, 0.3) is 0 Å². The molecule has 1 fully saturated rings. The largest absolute Gasteiger partial charge is 0.495 e. The molecule has 0 spiro atoms. The Bertz CT molecular complexity index is 974. The molecule has 0 bridgehead atoms. The zero-order valence-electron chi connectivity index (χ0n) is 15.8. The van der Waals surface area contributed by atoms with Gasteiger partial charge in [-0.3, -0.25) is 0 Å². The van der Waals surface area contributed by atoms with E-state index in [1.165, 1.54) is 18.2 Å². The molecule has 1 aromatic heterocycles. The van der Waals surface area contributed by atoms with Crippen molar-refractivity contribution in [1.29, 1.82) is 0 Å². The third-order valence-electron chi connectivity index (χ3n) is 4.78. The second-order valence-corrected chi connectivity index (χ2v) is 6.51. The van der Waals surface area contributed by atoms with Crippen LogP contribution in [0, 0.1) is 11.6 Å². The highest BCUT2D eigenvalue weighted by atomic mass is 19.1. The summed E-state index contributed by atoms with van der Waals surface area (Å²) in [7, 11) is 1.66. The average molecular weight is 398 g/mol. The van der Waals surface area contributed by atoms with Crippen LogP contribution < -0.4 is 19.9 Å². The Morgan fingerprint density at radius 1 is 0.931 bits per heavy atom. The SMILES string of the molecule is COc1ccccc1N1CCN(c2cnnc(Nc3c(F)cccc3F)n2)CC1. The van der Waals surface area contributed by atoms with Gasteiger partial charge in [0, 0.05) is 26.2 Å². The predicted molar refractivity (Wildman–Crippen MR) is 107 cm³/mol. The number of benzene rings is 2. The van der Waals surface area contributed by atoms with Crippen molar-refractivity contribution in [1.82, 2.24) is 15.2 Å². The van der Waals surface area contributed by atoms with Crippen molar-refractivity contribution in [3.05, 3.63) is 60.3 Å². The zero-order valence-corrected chi connectivity index (χ0v) is 15.8. The molecule has 0 atom stereocenters. The minimum absolute atomic E-state index is 0.0404. The molecule has 1 N–H and O–H groups in total. The number of halogens is 2. The van der Waals surface area contributed by atoms with Crippen LogP contribution >= 0.6 is 0 Å². The number of rotatable bonds is 5. The first-order chi connectivity index (χ1) is 14.2. The van der Waals surface area contributed by atoms with Crippen molar-refractivity contribution in [2.24, 2.45) is 0 Å². The van der Waals surface area contributed by atoms with Gasteiger partial charge in [0.05, 0.1) is 19.0 Å². The molecule has 1 aliphatic heterocycles. The van der Waals surface area contributed by atoms with E-state index in [-0.39, 0.29) is 11.6 Å².